The molecule has 0 saturated carbocycles. The quantitative estimate of drug-likeness (QED) is 0.280. The van der Waals surface area contributed by atoms with Crippen LogP contribution in [-0.4, -0.2) is 24.4 Å². The first-order chi connectivity index (χ1) is 13.2. The van der Waals surface area contributed by atoms with Gasteiger partial charge in [0.25, 0.3) is 0 Å². The molecule has 0 radical (unpaired) electrons. The van der Waals surface area contributed by atoms with Crippen LogP contribution < -0.4 is 4.74 Å². The molecule has 0 N–H and O–H groups in total. The molecule has 0 fully saturated rings. The maximum absolute atomic E-state index is 14.3. The Hall–Kier alpha value is -2.10. The Labute approximate surface area is 164 Å². The van der Waals surface area contributed by atoms with Crippen molar-refractivity contribution in [1.29, 1.82) is 0 Å². The molecule has 1 unspecified atom stereocenters. The van der Waals surface area contributed by atoms with E-state index in [-0.39, 0.29) is 22.8 Å². The van der Waals surface area contributed by atoms with Crippen LogP contribution in [0.15, 0.2) is 29.2 Å². The number of aryl methyl sites for hydroxylation is 2. The number of rotatable bonds is 6. The van der Waals surface area contributed by atoms with E-state index in [4.69, 9.17) is 4.74 Å². The molecule has 0 saturated heterocycles. The summed E-state index contributed by atoms with van der Waals surface area (Å²) in [4.78, 5) is 0.199. The average Bonchev–Trinajstić information content (AvgIpc) is 2.56. The first-order valence-electron chi connectivity index (χ1n) is 8.05. The van der Waals surface area contributed by atoms with Crippen molar-refractivity contribution >= 4 is 16.4 Å². The summed E-state index contributed by atoms with van der Waals surface area (Å²) in [6, 6.07) is 2.99. The molecule has 1 nitrogen and oxygen atoms in total. The van der Waals surface area contributed by atoms with Crippen LogP contribution in [0.25, 0.3) is 0 Å². The normalized spacial score (nSPS) is 13.4. The van der Waals surface area contributed by atoms with Crippen LogP contribution in [0.4, 0.5) is 35.1 Å². The minimum absolute atomic E-state index is 0.114. The maximum Gasteiger partial charge on any atom is 0.397 e. The Morgan fingerprint density at radius 3 is 1.97 bits per heavy atom. The van der Waals surface area contributed by atoms with Crippen LogP contribution in [-0.2, 0) is 5.92 Å². The second-order valence-corrected chi connectivity index (χ2v) is 8.10. The molecule has 0 bridgehead atoms. The summed E-state index contributed by atoms with van der Waals surface area (Å²) in [5.41, 5.74) is -0.262. The highest BCUT2D eigenvalue weighted by Gasteiger charge is 2.35. The van der Waals surface area contributed by atoms with E-state index in [2.05, 4.69) is 5.87 Å². The van der Waals surface area contributed by atoms with Crippen molar-refractivity contribution in [2.45, 2.75) is 30.8 Å². The minimum Gasteiger partial charge on any atom is -0.487 e. The van der Waals surface area contributed by atoms with E-state index in [9.17, 15) is 35.1 Å². The molecule has 0 spiro atoms. The molecular weight excluding hydrogens is 428 g/mol. The van der Waals surface area contributed by atoms with Crippen LogP contribution >= 0.6 is 10.5 Å². The number of ether oxygens (including phenoxy) is 1. The molecule has 160 valence electrons. The highest BCUT2D eigenvalue weighted by molar-refractivity contribution is 8.14. The van der Waals surface area contributed by atoms with E-state index < -0.39 is 58.0 Å². The van der Waals surface area contributed by atoms with E-state index in [1.54, 1.807) is 6.92 Å². The van der Waals surface area contributed by atoms with Crippen molar-refractivity contribution in [1.82, 2.24) is 0 Å². The van der Waals surface area contributed by atoms with Gasteiger partial charge in [-0.15, -0.1) is 0 Å². The maximum atomic E-state index is 14.3. The molecule has 1 atom stereocenters. The van der Waals surface area contributed by atoms with Gasteiger partial charge in [0.15, 0.2) is 24.1 Å². The molecule has 0 aliphatic rings. The molecule has 0 aromatic heterocycles. The highest BCUT2D eigenvalue weighted by atomic mass is 32.2. The van der Waals surface area contributed by atoms with Crippen molar-refractivity contribution in [3.63, 3.8) is 0 Å². The third kappa shape index (κ3) is 5.71. The fraction of sp³-hybridized carbons (Fsp3) is 0.316. The van der Waals surface area contributed by atoms with E-state index in [0.717, 1.165) is 0 Å². The fourth-order valence-corrected chi connectivity index (χ4v) is 3.91. The van der Waals surface area contributed by atoms with Crippen molar-refractivity contribution in [2.75, 3.05) is 12.4 Å². The minimum atomic E-state index is -4.45. The van der Waals surface area contributed by atoms with Gasteiger partial charge in [-0.3, -0.25) is 0 Å². The molecule has 2 aromatic carbocycles. The number of hydrogen-bond donors (Lipinski definition) is 0. The smallest absolute Gasteiger partial charge is 0.397 e. The van der Waals surface area contributed by atoms with Gasteiger partial charge in [0.1, 0.15) is 5.75 Å². The lowest BCUT2D eigenvalue weighted by atomic mass is 10.1. The SMILES string of the molecule is C=S(CC(F)(F)F)c1cc(OCC(F)(F)c2cc(F)c(F)c(F)c2)c(C)cc1C. The van der Waals surface area contributed by atoms with Crippen LogP contribution in [0, 0.1) is 31.3 Å². The van der Waals surface area contributed by atoms with Gasteiger partial charge < -0.3 is 4.74 Å². The summed E-state index contributed by atoms with van der Waals surface area (Å²) in [6.07, 6.45) is -4.45. The zero-order valence-corrected chi connectivity index (χ0v) is 16.1. The van der Waals surface area contributed by atoms with Gasteiger partial charge in [0.05, 0.1) is 5.75 Å². The van der Waals surface area contributed by atoms with Gasteiger partial charge in [-0.1, -0.05) is 11.9 Å². The zero-order valence-electron chi connectivity index (χ0n) is 15.3. The Kier molecular flexibility index (Phi) is 6.66. The lowest BCUT2D eigenvalue weighted by Gasteiger charge is -2.20. The van der Waals surface area contributed by atoms with Crippen LogP contribution in [0.5, 0.6) is 5.75 Å². The Balaban J connectivity index is 2.28. The Morgan fingerprint density at radius 2 is 1.45 bits per heavy atom. The third-order valence-electron chi connectivity index (χ3n) is 3.94. The number of benzene rings is 2. The Morgan fingerprint density at radius 1 is 0.897 bits per heavy atom. The summed E-state index contributed by atoms with van der Waals surface area (Å²) < 4.78 is 111. The van der Waals surface area contributed by atoms with Gasteiger partial charge in [0.2, 0.25) is 0 Å². The van der Waals surface area contributed by atoms with Gasteiger partial charge in [0, 0.05) is 10.5 Å². The summed E-state index contributed by atoms with van der Waals surface area (Å²) in [6.45, 7) is 1.71. The predicted octanol–water partition coefficient (Wildman–Crippen LogP) is 6.51. The molecule has 0 heterocycles. The van der Waals surface area contributed by atoms with Crippen molar-refractivity contribution in [3.8, 4) is 5.75 Å². The van der Waals surface area contributed by atoms with Gasteiger partial charge >= 0.3 is 12.1 Å². The van der Waals surface area contributed by atoms with Gasteiger partial charge in [-0.2, -0.15) is 32.4 Å². The summed E-state index contributed by atoms with van der Waals surface area (Å²) in [5.74, 6) is -7.11. The molecule has 0 aliphatic heterocycles. The number of hydrogen-bond acceptors (Lipinski definition) is 1. The number of alkyl halides is 5. The molecule has 0 aliphatic carbocycles. The van der Waals surface area contributed by atoms with Crippen molar-refractivity contribution in [2.24, 2.45) is 0 Å². The molecule has 29 heavy (non-hydrogen) atoms. The monoisotopic (exact) mass is 444 g/mol. The number of halogens is 8. The second kappa shape index (κ2) is 8.33. The van der Waals surface area contributed by atoms with Gasteiger partial charge in [-0.05, 0) is 43.2 Å². The summed E-state index contributed by atoms with van der Waals surface area (Å²) in [7, 11) is -1.49. The van der Waals surface area contributed by atoms with E-state index in [0.29, 0.717) is 11.1 Å². The molecule has 2 rings (SSSR count). The van der Waals surface area contributed by atoms with Crippen molar-refractivity contribution in [3.05, 3.63) is 58.4 Å². The van der Waals surface area contributed by atoms with Crippen LogP contribution in [0.3, 0.4) is 0 Å². The predicted molar refractivity (Wildman–Crippen MR) is 95.5 cm³/mol. The molecule has 2 aromatic rings. The first-order valence-corrected chi connectivity index (χ1v) is 9.62. The van der Waals surface area contributed by atoms with E-state index in [1.165, 1.54) is 19.1 Å². The van der Waals surface area contributed by atoms with Crippen LogP contribution in [0.1, 0.15) is 16.7 Å². The zero-order chi connectivity index (χ0) is 22.1. The molecular formula is C19H16F8OS. The molecule has 0 amide bonds. The standard InChI is InChI=1S/C19H16F8OS/c1-10-4-11(2)16(29(3)9-19(25,26)27)7-15(10)28-8-18(23,24)12-5-13(20)17(22)14(21)6-12/h4-7H,3,8-9H2,1-2H3. The fourth-order valence-electron chi connectivity index (χ4n) is 2.57. The van der Waals surface area contributed by atoms with Crippen LogP contribution in [0.2, 0.25) is 0 Å². The largest absolute Gasteiger partial charge is 0.487 e. The van der Waals surface area contributed by atoms with Gasteiger partial charge in [-0.25, -0.2) is 13.2 Å². The van der Waals surface area contributed by atoms with E-state index >= 15 is 0 Å². The lowest BCUT2D eigenvalue weighted by Crippen LogP contribution is -2.24. The highest BCUT2D eigenvalue weighted by Crippen LogP contribution is 2.38. The summed E-state index contributed by atoms with van der Waals surface area (Å²) in [5, 5.41) is 0. The van der Waals surface area contributed by atoms with E-state index in [1.807, 2.05) is 0 Å². The Bertz CT molecular complexity index is 914. The summed E-state index contributed by atoms with van der Waals surface area (Å²) >= 11 is 0. The first kappa shape index (κ1) is 23.2. The topological polar surface area (TPSA) is 9.23 Å². The third-order valence-corrected chi connectivity index (χ3v) is 5.67. The van der Waals surface area contributed by atoms with Crippen molar-refractivity contribution < 1.29 is 39.9 Å². The lowest BCUT2D eigenvalue weighted by molar-refractivity contribution is -0.105. The molecule has 10 heteroatoms. The average molecular weight is 444 g/mol. The second-order valence-electron chi connectivity index (χ2n) is 6.38.